The second-order valence-electron chi connectivity index (χ2n) is 9.84. The van der Waals surface area contributed by atoms with Gasteiger partial charge in [-0.3, -0.25) is 0 Å². The van der Waals surface area contributed by atoms with E-state index in [1.807, 2.05) is 6.07 Å². The van der Waals surface area contributed by atoms with Gasteiger partial charge in [0.25, 0.3) is 0 Å². The van der Waals surface area contributed by atoms with Crippen molar-refractivity contribution in [3.05, 3.63) is 101 Å². The first-order valence-corrected chi connectivity index (χ1v) is 12.5. The van der Waals surface area contributed by atoms with Gasteiger partial charge in [0.05, 0.1) is 12.2 Å². The Morgan fingerprint density at radius 3 is 2.64 bits per heavy atom. The van der Waals surface area contributed by atoms with Gasteiger partial charge in [0, 0.05) is 35.9 Å². The molecule has 6 rings (SSSR count). The van der Waals surface area contributed by atoms with E-state index in [-0.39, 0.29) is 0 Å². The second kappa shape index (κ2) is 8.72. The lowest BCUT2D eigenvalue weighted by Crippen LogP contribution is -3.11. The molecule has 2 aliphatic rings. The molecular weight excluding hydrogens is 404 g/mol. The summed E-state index contributed by atoms with van der Waals surface area (Å²) in [6.07, 6.45) is 5.09. The van der Waals surface area contributed by atoms with Gasteiger partial charge in [-0.2, -0.15) is 0 Å². The van der Waals surface area contributed by atoms with E-state index >= 15 is 0 Å². The number of aryl methyl sites for hydroxylation is 3. The van der Waals surface area contributed by atoms with Gasteiger partial charge in [-0.15, -0.1) is 0 Å². The van der Waals surface area contributed by atoms with Crippen molar-refractivity contribution in [3.8, 4) is 5.75 Å². The van der Waals surface area contributed by atoms with Crippen LogP contribution in [0.3, 0.4) is 0 Å². The number of aromatic nitrogens is 1. The zero-order chi connectivity index (χ0) is 22.2. The first kappa shape index (κ1) is 20.6. The van der Waals surface area contributed by atoms with Crippen molar-refractivity contribution in [2.24, 2.45) is 0 Å². The standard InChI is InChI=1S/C30H32N2O/c1-22-11-16-28-27(19-22)26-9-5-10-29-30(26)32(28)18-6-17-31(29)20-23-12-14-25(15-13-23)33-21-24-7-3-2-4-8-24/h2-4,7-8,11-16,19,29H,5-6,9-10,17-18,20-21H2,1H3/p+1/t29-/m1/s1. The predicted octanol–water partition coefficient (Wildman–Crippen LogP) is 5.39. The van der Waals surface area contributed by atoms with E-state index < -0.39 is 0 Å². The predicted molar refractivity (Wildman–Crippen MR) is 134 cm³/mol. The first-order valence-electron chi connectivity index (χ1n) is 12.5. The third-order valence-electron chi connectivity index (χ3n) is 7.59. The van der Waals surface area contributed by atoms with Crippen LogP contribution < -0.4 is 9.64 Å². The first-order chi connectivity index (χ1) is 16.3. The van der Waals surface area contributed by atoms with Gasteiger partial charge >= 0.3 is 0 Å². The maximum atomic E-state index is 6.00. The summed E-state index contributed by atoms with van der Waals surface area (Å²) in [6.45, 7) is 6.32. The van der Waals surface area contributed by atoms with Gasteiger partial charge in [-0.1, -0.05) is 42.0 Å². The number of rotatable bonds is 5. The van der Waals surface area contributed by atoms with E-state index in [4.69, 9.17) is 4.74 Å². The Bertz CT molecular complexity index is 1250. The second-order valence-corrected chi connectivity index (χ2v) is 9.84. The lowest BCUT2D eigenvalue weighted by Gasteiger charge is -2.31. The molecule has 2 atom stereocenters. The van der Waals surface area contributed by atoms with Crippen molar-refractivity contribution in [1.82, 2.24) is 4.57 Å². The largest absolute Gasteiger partial charge is 0.489 e. The Balaban J connectivity index is 1.22. The molecule has 0 fully saturated rings. The van der Waals surface area contributed by atoms with Gasteiger partial charge in [-0.05, 0) is 67.3 Å². The highest BCUT2D eigenvalue weighted by Crippen LogP contribution is 2.37. The maximum Gasteiger partial charge on any atom is 0.129 e. The van der Waals surface area contributed by atoms with Crippen LogP contribution in [0.15, 0.2) is 72.8 Å². The van der Waals surface area contributed by atoms with Gasteiger partial charge in [0.1, 0.15) is 24.9 Å². The summed E-state index contributed by atoms with van der Waals surface area (Å²) in [5, 5.41) is 1.51. The fourth-order valence-corrected chi connectivity index (χ4v) is 6.03. The number of ether oxygens (including phenoxy) is 1. The van der Waals surface area contributed by atoms with Crippen molar-refractivity contribution in [3.63, 3.8) is 0 Å². The third kappa shape index (κ3) is 3.95. The summed E-state index contributed by atoms with van der Waals surface area (Å²) < 4.78 is 8.67. The summed E-state index contributed by atoms with van der Waals surface area (Å²) in [5.74, 6) is 0.948. The average molecular weight is 438 g/mol. The highest BCUT2D eigenvalue weighted by atomic mass is 16.5. The minimum Gasteiger partial charge on any atom is -0.489 e. The Labute approximate surface area is 196 Å². The molecular formula is C30H33N2O+. The summed E-state index contributed by atoms with van der Waals surface area (Å²) in [4.78, 5) is 1.73. The van der Waals surface area contributed by atoms with Crippen LogP contribution in [0.5, 0.6) is 5.75 Å². The number of quaternary nitrogens is 1. The molecule has 3 aromatic carbocycles. The molecule has 0 bridgehead atoms. The monoisotopic (exact) mass is 437 g/mol. The SMILES string of the molecule is Cc1ccc2c(c1)c1c3n2CCC[NH+](Cc2ccc(OCc4ccccc4)cc2)[C@@H]3CCC1. The molecule has 33 heavy (non-hydrogen) atoms. The molecule has 3 heteroatoms. The molecule has 1 unspecified atom stereocenters. The number of benzene rings is 3. The maximum absolute atomic E-state index is 6.00. The lowest BCUT2D eigenvalue weighted by molar-refractivity contribution is -0.945. The van der Waals surface area contributed by atoms with E-state index in [0.717, 1.165) is 18.8 Å². The molecule has 0 saturated heterocycles. The van der Waals surface area contributed by atoms with Crippen molar-refractivity contribution < 1.29 is 9.64 Å². The van der Waals surface area contributed by atoms with Crippen molar-refractivity contribution in [2.45, 2.75) is 58.3 Å². The highest BCUT2D eigenvalue weighted by molar-refractivity contribution is 5.86. The van der Waals surface area contributed by atoms with Crippen LogP contribution in [-0.2, 0) is 26.1 Å². The molecule has 168 valence electrons. The molecule has 1 N–H and O–H groups in total. The summed E-state index contributed by atoms with van der Waals surface area (Å²) in [7, 11) is 0. The van der Waals surface area contributed by atoms with Crippen LogP contribution in [-0.4, -0.2) is 11.1 Å². The van der Waals surface area contributed by atoms with Gasteiger partial charge in [0.2, 0.25) is 0 Å². The fraction of sp³-hybridized carbons (Fsp3) is 0.333. The summed E-state index contributed by atoms with van der Waals surface area (Å²) in [6, 6.07) is 26.9. The average Bonchev–Trinajstić information content (AvgIpc) is 3.04. The molecule has 3 nitrogen and oxygen atoms in total. The van der Waals surface area contributed by atoms with Crippen LogP contribution in [0.4, 0.5) is 0 Å². The van der Waals surface area contributed by atoms with Gasteiger partial charge < -0.3 is 14.2 Å². The quantitative estimate of drug-likeness (QED) is 0.443. The molecule has 0 saturated carbocycles. The van der Waals surface area contributed by atoms with Gasteiger partial charge in [-0.25, -0.2) is 0 Å². The van der Waals surface area contributed by atoms with Crippen molar-refractivity contribution >= 4 is 10.9 Å². The number of hydrogen-bond donors (Lipinski definition) is 1. The Morgan fingerprint density at radius 1 is 0.939 bits per heavy atom. The van der Waals surface area contributed by atoms with Crippen molar-refractivity contribution in [2.75, 3.05) is 6.54 Å². The highest BCUT2D eigenvalue weighted by Gasteiger charge is 2.36. The molecule has 4 aromatic rings. The minimum atomic E-state index is 0.609. The number of fused-ring (bicyclic) bond motifs is 3. The van der Waals surface area contributed by atoms with Crippen LogP contribution in [0.2, 0.25) is 0 Å². The molecule has 0 amide bonds. The lowest BCUT2D eigenvalue weighted by atomic mass is 9.90. The van der Waals surface area contributed by atoms with E-state index in [9.17, 15) is 0 Å². The van der Waals surface area contributed by atoms with Gasteiger partial charge in [0.15, 0.2) is 0 Å². The molecule has 2 heterocycles. The van der Waals surface area contributed by atoms with Crippen LogP contribution >= 0.6 is 0 Å². The topological polar surface area (TPSA) is 18.6 Å². The normalized spacial score (nSPS) is 19.8. The Hall–Kier alpha value is -3.04. The summed E-state index contributed by atoms with van der Waals surface area (Å²) in [5.41, 5.74) is 8.71. The van der Waals surface area contributed by atoms with Crippen LogP contribution in [0, 0.1) is 6.92 Å². The van der Waals surface area contributed by atoms with Crippen LogP contribution in [0.1, 0.15) is 53.3 Å². The molecule has 1 aromatic heterocycles. The zero-order valence-electron chi connectivity index (χ0n) is 19.5. The Kier molecular flexibility index (Phi) is 5.43. The molecule has 0 radical (unpaired) electrons. The van der Waals surface area contributed by atoms with Crippen molar-refractivity contribution in [1.29, 1.82) is 0 Å². The van der Waals surface area contributed by atoms with E-state index in [2.05, 4.69) is 78.2 Å². The summed E-state index contributed by atoms with van der Waals surface area (Å²) >= 11 is 0. The Morgan fingerprint density at radius 2 is 1.79 bits per heavy atom. The van der Waals surface area contributed by atoms with E-state index in [1.54, 1.807) is 16.2 Å². The molecule has 1 aliphatic heterocycles. The number of nitrogens with zero attached hydrogens (tertiary/aromatic N) is 1. The molecule has 0 spiro atoms. The zero-order valence-corrected chi connectivity index (χ0v) is 19.5. The van der Waals surface area contributed by atoms with E-state index in [1.165, 1.54) is 59.8 Å². The fourth-order valence-electron chi connectivity index (χ4n) is 6.03. The smallest absolute Gasteiger partial charge is 0.129 e. The molecule has 1 aliphatic carbocycles. The third-order valence-corrected chi connectivity index (χ3v) is 7.59. The minimum absolute atomic E-state index is 0.609. The number of nitrogens with one attached hydrogen (secondary N) is 1. The van der Waals surface area contributed by atoms with Crippen LogP contribution in [0.25, 0.3) is 10.9 Å². The number of hydrogen-bond acceptors (Lipinski definition) is 1. The van der Waals surface area contributed by atoms with E-state index in [0.29, 0.717) is 12.6 Å².